The van der Waals surface area contributed by atoms with E-state index >= 15 is 0 Å². The number of rotatable bonds is 6. The quantitative estimate of drug-likeness (QED) is 0.183. The Morgan fingerprint density at radius 3 is 1.71 bits per heavy atom. The van der Waals surface area contributed by atoms with Crippen LogP contribution >= 0.6 is 0 Å². The first kappa shape index (κ1) is 18.1. The van der Waals surface area contributed by atoms with Gasteiger partial charge in [-0.15, -0.1) is 0 Å². The molecule has 0 bridgehead atoms. The van der Waals surface area contributed by atoms with Crippen molar-refractivity contribution >= 4 is 49.8 Å². The summed E-state index contributed by atoms with van der Waals surface area (Å²) in [5.74, 6) is 0. The van der Waals surface area contributed by atoms with E-state index in [4.69, 9.17) is 7.16 Å². The van der Waals surface area contributed by atoms with E-state index in [-0.39, 0.29) is 22.3 Å². The number of furan rings is 1. The van der Waals surface area contributed by atoms with Gasteiger partial charge in [0.15, 0.2) is 0 Å². The summed E-state index contributed by atoms with van der Waals surface area (Å²) >= 11 is 0. The van der Waals surface area contributed by atoms with Gasteiger partial charge < -0.3 is 9.32 Å². The molecule has 2 heteroatoms. The Labute approximate surface area is 296 Å². The lowest BCUT2D eigenvalue weighted by Gasteiger charge is -2.28. The molecule has 0 spiro atoms. The van der Waals surface area contributed by atoms with Gasteiger partial charge in [-0.1, -0.05) is 145 Å². The number of benzene rings is 8. The first-order valence-corrected chi connectivity index (χ1v) is 15.4. The molecule has 48 heavy (non-hydrogen) atoms. The van der Waals surface area contributed by atoms with Crippen LogP contribution in [0.4, 0.5) is 17.1 Å². The largest absolute Gasteiger partial charge is 0.455 e. The third-order valence-corrected chi connectivity index (χ3v) is 8.34. The van der Waals surface area contributed by atoms with Crippen LogP contribution in [0, 0.1) is 0 Å². The Bertz CT molecular complexity index is 3080. The smallest absolute Gasteiger partial charge is 0.143 e. The van der Waals surface area contributed by atoms with Crippen molar-refractivity contribution in [2.24, 2.45) is 0 Å². The fourth-order valence-electron chi connectivity index (χ4n) is 6.10. The van der Waals surface area contributed by atoms with E-state index in [1.54, 1.807) is 78.9 Å². The zero-order valence-corrected chi connectivity index (χ0v) is 25.3. The molecule has 0 unspecified atom stereocenters. The van der Waals surface area contributed by atoms with Crippen LogP contribution in [-0.2, 0) is 0 Å². The molecule has 0 N–H and O–H groups in total. The molecular weight excluding hydrogens is 583 g/mol. The third kappa shape index (κ3) is 4.83. The highest BCUT2D eigenvalue weighted by atomic mass is 16.3. The standard InChI is InChI=1S/C46H31NO/c1-3-12-32(13-4-1)34-22-27-37(28-23-34)47(38-29-24-35(25-30-38)33-14-5-2-6-15-33)43-20-10-9-18-40(43)41-19-11-21-44-45(41)42-31-26-36-16-7-8-17-39(36)46(42)48-44/h1-31H/i9D,10D,18D,20D,22D,23D,24D,25D,27D,28D,29D,30D. The zero-order valence-electron chi connectivity index (χ0n) is 37.3. The SMILES string of the molecule is [2H]c1c([2H])c([2H])c(N(c2c([2H])c([2H])c(-c3ccccc3)c([2H])c2[2H])c2c([2H])c([2H])c(-c3ccccc3)c([2H])c2[2H])c(-c2cccc3oc4c5ccccc5ccc4c23)c1[2H]. The molecule has 0 atom stereocenters. The Balaban J connectivity index is 1.46. The monoisotopic (exact) mass is 625 g/mol. The molecule has 0 aliphatic heterocycles. The summed E-state index contributed by atoms with van der Waals surface area (Å²) in [5.41, 5.74) is 0.213. The molecule has 9 rings (SSSR count). The maximum absolute atomic E-state index is 9.56. The van der Waals surface area contributed by atoms with E-state index in [0.29, 0.717) is 33.1 Å². The lowest BCUT2D eigenvalue weighted by Crippen LogP contribution is -2.11. The summed E-state index contributed by atoms with van der Waals surface area (Å²) in [6.07, 6.45) is 0. The van der Waals surface area contributed by atoms with Crippen molar-refractivity contribution in [1.29, 1.82) is 0 Å². The Hall–Kier alpha value is -6.38. The van der Waals surface area contributed by atoms with E-state index in [2.05, 4.69) is 0 Å². The average Bonchev–Trinajstić information content (AvgIpc) is 3.66. The van der Waals surface area contributed by atoms with Crippen molar-refractivity contribution in [3.8, 4) is 33.4 Å². The van der Waals surface area contributed by atoms with Crippen molar-refractivity contribution in [2.75, 3.05) is 4.90 Å². The summed E-state index contributed by atoms with van der Waals surface area (Å²) in [7, 11) is 0. The minimum absolute atomic E-state index is 0.0367. The zero-order chi connectivity index (χ0) is 42.3. The first-order chi connectivity index (χ1) is 28.8. The van der Waals surface area contributed by atoms with Gasteiger partial charge in [-0.05, 0) is 75.5 Å². The van der Waals surface area contributed by atoms with Crippen molar-refractivity contribution < 1.29 is 20.9 Å². The average molecular weight is 626 g/mol. The molecule has 8 aromatic carbocycles. The molecule has 0 aliphatic carbocycles. The molecule has 0 aliphatic rings. The Morgan fingerprint density at radius 2 is 1.04 bits per heavy atom. The van der Waals surface area contributed by atoms with Crippen LogP contribution in [0.25, 0.3) is 66.1 Å². The van der Waals surface area contributed by atoms with Crippen molar-refractivity contribution in [3.63, 3.8) is 0 Å². The summed E-state index contributed by atoms with van der Waals surface area (Å²) in [4.78, 5) is 0.953. The first-order valence-electron chi connectivity index (χ1n) is 21.4. The fraction of sp³-hybridized carbons (Fsp3) is 0. The van der Waals surface area contributed by atoms with Gasteiger partial charge >= 0.3 is 0 Å². The van der Waals surface area contributed by atoms with Crippen LogP contribution in [0.3, 0.4) is 0 Å². The van der Waals surface area contributed by atoms with Crippen LogP contribution in [-0.4, -0.2) is 0 Å². The van der Waals surface area contributed by atoms with Gasteiger partial charge in [0.25, 0.3) is 0 Å². The summed E-state index contributed by atoms with van der Waals surface area (Å²) in [5, 5.41) is 2.81. The second kappa shape index (κ2) is 11.8. The third-order valence-electron chi connectivity index (χ3n) is 8.34. The molecule has 0 amide bonds. The van der Waals surface area contributed by atoms with Gasteiger partial charge in [0.1, 0.15) is 11.2 Å². The number of fused-ring (bicyclic) bond motifs is 5. The molecule has 0 radical (unpaired) electrons. The van der Waals surface area contributed by atoms with Crippen LogP contribution < -0.4 is 4.90 Å². The van der Waals surface area contributed by atoms with Gasteiger partial charge in [0, 0.05) is 33.1 Å². The molecule has 0 fully saturated rings. The molecule has 2 nitrogen and oxygen atoms in total. The maximum atomic E-state index is 9.56. The highest BCUT2D eigenvalue weighted by Gasteiger charge is 2.21. The van der Waals surface area contributed by atoms with E-state index in [9.17, 15) is 13.7 Å². The predicted octanol–water partition coefficient (Wildman–Crippen LogP) is 13.2. The molecule has 0 saturated heterocycles. The minimum Gasteiger partial charge on any atom is -0.455 e. The van der Waals surface area contributed by atoms with Gasteiger partial charge in [-0.3, -0.25) is 0 Å². The summed E-state index contributed by atoms with van der Waals surface area (Å²) in [6.45, 7) is 0. The van der Waals surface area contributed by atoms with Crippen molar-refractivity contribution in [2.45, 2.75) is 0 Å². The van der Waals surface area contributed by atoms with Crippen LogP contribution in [0.5, 0.6) is 0 Å². The molecular formula is C46H31NO. The van der Waals surface area contributed by atoms with Crippen molar-refractivity contribution in [1.82, 2.24) is 0 Å². The predicted molar refractivity (Wildman–Crippen MR) is 202 cm³/mol. The minimum atomic E-state index is -0.716. The summed E-state index contributed by atoms with van der Waals surface area (Å²) in [6, 6.07) is 26.1. The van der Waals surface area contributed by atoms with E-state index in [1.807, 2.05) is 36.4 Å². The second-order valence-electron chi connectivity index (χ2n) is 11.2. The fourth-order valence-corrected chi connectivity index (χ4v) is 6.10. The number of hydrogen-bond acceptors (Lipinski definition) is 2. The molecule has 226 valence electrons. The molecule has 0 saturated carbocycles. The van der Waals surface area contributed by atoms with Gasteiger partial charge in [0.05, 0.1) is 22.1 Å². The number of nitrogens with zero attached hydrogens (tertiary/aromatic N) is 1. The van der Waals surface area contributed by atoms with E-state index in [0.717, 1.165) is 15.7 Å². The number of para-hydroxylation sites is 1. The van der Waals surface area contributed by atoms with Crippen molar-refractivity contribution in [3.05, 3.63) is 188 Å². The molecule has 1 aromatic heterocycles. The lowest BCUT2D eigenvalue weighted by atomic mass is 9.96. The second-order valence-corrected chi connectivity index (χ2v) is 11.2. The van der Waals surface area contributed by atoms with Gasteiger partial charge in [-0.25, -0.2) is 0 Å². The van der Waals surface area contributed by atoms with Crippen LogP contribution in [0.15, 0.2) is 192 Å². The number of anilines is 3. The highest BCUT2D eigenvalue weighted by molar-refractivity contribution is 6.19. The maximum Gasteiger partial charge on any atom is 0.143 e. The summed E-state index contributed by atoms with van der Waals surface area (Å²) < 4.78 is 118. The normalized spacial score (nSPS) is 14.8. The van der Waals surface area contributed by atoms with Gasteiger partial charge in [0.2, 0.25) is 0 Å². The molecule has 9 aromatic rings. The van der Waals surface area contributed by atoms with Crippen LogP contribution in [0.1, 0.15) is 16.4 Å². The van der Waals surface area contributed by atoms with Crippen LogP contribution in [0.2, 0.25) is 0 Å². The number of hydrogen-bond donors (Lipinski definition) is 0. The Morgan fingerprint density at radius 1 is 0.438 bits per heavy atom. The highest BCUT2D eigenvalue weighted by Crippen LogP contribution is 2.46. The topological polar surface area (TPSA) is 16.4 Å². The Kier molecular flexibility index (Phi) is 4.43. The molecule has 1 heterocycles. The van der Waals surface area contributed by atoms with E-state index in [1.165, 1.54) is 0 Å². The lowest BCUT2D eigenvalue weighted by molar-refractivity contribution is 0.673. The van der Waals surface area contributed by atoms with E-state index < -0.39 is 89.6 Å². The van der Waals surface area contributed by atoms with Gasteiger partial charge in [-0.2, -0.15) is 0 Å².